The number of nitrogens with two attached hydrogens (primary N) is 1. The van der Waals surface area contributed by atoms with Gasteiger partial charge in [0.15, 0.2) is 0 Å². The van der Waals surface area contributed by atoms with Gasteiger partial charge in [-0.1, -0.05) is 6.42 Å². The third-order valence-corrected chi connectivity index (χ3v) is 3.84. The maximum absolute atomic E-state index is 11.4. The molecule has 0 aromatic rings. The molecular weight excluding hydrogens is 202 g/mol. The van der Waals surface area contributed by atoms with Crippen molar-refractivity contribution in [3.8, 4) is 0 Å². The number of hydrogen-bond donors (Lipinski definition) is 2. The van der Waals surface area contributed by atoms with Gasteiger partial charge in [-0.15, -0.1) is 0 Å². The van der Waals surface area contributed by atoms with E-state index in [0.29, 0.717) is 25.8 Å². The molecule has 0 heterocycles. The zero-order valence-corrected chi connectivity index (χ0v) is 9.43. The van der Waals surface area contributed by atoms with Crippen LogP contribution < -0.4 is 5.73 Å². The molecule has 14 heavy (non-hydrogen) atoms. The maximum Gasteiger partial charge on any atom is 0.150 e. The van der Waals surface area contributed by atoms with E-state index in [-0.39, 0.29) is 18.1 Å². The van der Waals surface area contributed by atoms with Crippen molar-refractivity contribution >= 4 is 9.84 Å². The van der Waals surface area contributed by atoms with Crippen molar-refractivity contribution in [1.29, 1.82) is 0 Å². The quantitative estimate of drug-likeness (QED) is 0.551. The molecule has 0 atom stereocenters. The molecule has 0 saturated carbocycles. The zero-order valence-electron chi connectivity index (χ0n) is 8.61. The zero-order chi connectivity index (χ0) is 10.9. The Hall–Kier alpha value is -0.130. The van der Waals surface area contributed by atoms with Crippen LogP contribution >= 0.6 is 0 Å². The largest absolute Gasteiger partial charge is 0.396 e. The Kier molecular flexibility index (Phi) is 8.12. The molecule has 4 nitrogen and oxygen atoms in total. The Balaban J connectivity index is 3.52. The van der Waals surface area contributed by atoms with Gasteiger partial charge in [0.1, 0.15) is 9.84 Å². The monoisotopic (exact) mass is 223 g/mol. The van der Waals surface area contributed by atoms with E-state index in [2.05, 4.69) is 0 Å². The van der Waals surface area contributed by atoms with Gasteiger partial charge in [0, 0.05) is 6.61 Å². The van der Waals surface area contributed by atoms with E-state index in [0.717, 1.165) is 12.8 Å². The van der Waals surface area contributed by atoms with Crippen molar-refractivity contribution in [3.05, 3.63) is 0 Å². The second kappa shape index (κ2) is 8.20. The second-order valence-corrected chi connectivity index (χ2v) is 5.74. The van der Waals surface area contributed by atoms with Crippen molar-refractivity contribution in [3.63, 3.8) is 0 Å². The van der Waals surface area contributed by atoms with Gasteiger partial charge in [-0.2, -0.15) is 0 Å². The molecule has 0 rings (SSSR count). The molecule has 5 heteroatoms. The van der Waals surface area contributed by atoms with Gasteiger partial charge in [-0.25, -0.2) is 8.42 Å². The van der Waals surface area contributed by atoms with Gasteiger partial charge in [-0.05, 0) is 32.2 Å². The van der Waals surface area contributed by atoms with Gasteiger partial charge in [0.25, 0.3) is 0 Å². The molecule has 86 valence electrons. The van der Waals surface area contributed by atoms with Crippen LogP contribution in [0.15, 0.2) is 0 Å². The van der Waals surface area contributed by atoms with E-state index in [1.807, 2.05) is 0 Å². The van der Waals surface area contributed by atoms with Crippen LogP contribution in [0.5, 0.6) is 0 Å². The predicted octanol–water partition coefficient (Wildman–Crippen LogP) is 0.303. The van der Waals surface area contributed by atoms with Crippen molar-refractivity contribution in [2.24, 2.45) is 5.73 Å². The standard InChI is InChI=1S/C9H21NO3S/c10-6-2-5-9-14(12,13)8-4-1-3-7-11/h11H,1-10H2. The molecule has 0 aliphatic rings. The Morgan fingerprint density at radius 3 is 2.00 bits per heavy atom. The number of aliphatic hydroxyl groups is 1. The van der Waals surface area contributed by atoms with Crippen LogP contribution in [0, 0.1) is 0 Å². The van der Waals surface area contributed by atoms with Gasteiger partial charge in [-0.3, -0.25) is 0 Å². The summed E-state index contributed by atoms with van der Waals surface area (Å²) in [6.07, 6.45) is 3.57. The first-order valence-corrected chi connectivity index (χ1v) is 6.96. The maximum atomic E-state index is 11.4. The minimum Gasteiger partial charge on any atom is -0.396 e. The highest BCUT2D eigenvalue weighted by atomic mass is 32.2. The van der Waals surface area contributed by atoms with E-state index in [1.54, 1.807) is 0 Å². The van der Waals surface area contributed by atoms with Crippen LogP contribution in [-0.4, -0.2) is 38.2 Å². The normalized spacial score (nSPS) is 11.9. The smallest absolute Gasteiger partial charge is 0.150 e. The van der Waals surface area contributed by atoms with Gasteiger partial charge < -0.3 is 10.8 Å². The summed E-state index contributed by atoms with van der Waals surface area (Å²) in [6, 6.07) is 0. The Labute approximate surface area is 86.4 Å². The van der Waals surface area contributed by atoms with E-state index >= 15 is 0 Å². The third-order valence-electron chi connectivity index (χ3n) is 2.02. The lowest BCUT2D eigenvalue weighted by Gasteiger charge is -2.03. The summed E-state index contributed by atoms with van der Waals surface area (Å²) in [7, 11) is -2.87. The second-order valence-electron chi connectivity index (χ2n) is 3.43. The summed E-state index contributed by atoms with van der Waals surface area (Å²) in [5.74, 6) is 0.501. The van der Waals surface area contributed by atoms with Crippen molar-refractivity contribution in [2.75, 3.05) is 24.7 Å². The molecule has 0 unspecified atom stereocenters. The Morgan fingerprint density at radius 1 is 0.929 bits per heavy atom. The molecule has 0 saturated heterocycles. The summed E-state index contributed by atoms with van der Waals surface area (Å²) in [4.78, 5) is 0. The molecule has 0 aromatic carbocycles. The van der Waals surface area contributed by atoms with Crippen molar-refractivity contribution < 1.29 is 13.5 Å². The SMILES string of the molecule is NCCCCS(=O)(=O)CCCCCO. The molecule has 0 aliphatic carbocycles. The van der Waals surface area contributed by atoms with E-state index in [4.69, 9.17) is 10.8 Å². The minimum absolute atomic E-state index is 0.146. The average molecular weight is 223 g/mol. The lowest BCUT2D eigenvalue weighted by atomic mass is 10.3. The minimum atomic E-state index is -2.87. The molecule has 0 radical (unpaired) electrons. The molecular formula is C9H21NO3S. The van der Waals surface area contributed by atoms with Crippen LogP contribution in [0.4, 0.5) is 0 Å². The molecule has 0 amide bonds. The summed E-state index contributed by atoms with van der Waals surface area (Å²) in [5, 5.41) is 8.51. The highest BCUT2D eigenvalue weighted by Crippen LogP contribution is 2.02. The van der Waals surface area contributed by atoms with Crippen molar-refractivity contribution in [1.82, 2.24) is 0 Å². The first-order chi connectivity index (χ1) is 6.62. The summed E-state index contributed by atoms with van der Waals surface area (Å²) < 4.78 is 22.7. The molecule has 0 aliphatic heterocycles. The van der Waals surface area contributed by atoms with Crippen LogP contribution in [0.2, 0.25) is 0 Å². The summed E-state index contributed by atoms with van der Waals surface area (Å²) in [5.41, 5.74) is 5.27. The van der Waals surface area contributed by atoms with Gasteiger partial charge >= 0.3 is 0 Å². The molecule has 0 fully saturated rings. The Morgan fingerprint density at radius 2 is 1.50 bits per heavy atom. The van der Waals surface area contributed by atoms with Crippen LogP contribution in [0.3, 0.4) is 0 Å². The number of sulfone groups is 1. The van der Waals surface area contributed by atoms with Crippen LogP contribution in [-0.2, 0) is 9.84 Å². The molecule has 0 aromatic heterocycles. The first-order valence-electron chi connectivity index (χ1n) is 5.14. The fraction of sp³-hybridized carbons (Fsp3) is 1.00. The van der Waals surface area contributed by atoms with E-state index < -0.39 is 9.84 Å². The highest BCUT2D eigenvalue weighted by molar-refractivity contribution is 7.91. The summed E-state index contributed by atoms with van der Waals surface area (Å²) >= 11 is 0. The van der Waals surface area contributed by atoms with Crippen LogP contribution in [0.1, 0.15) is 32.1 Å². The predicted molar refractivity (Wildman–Crippen MR) is 57.9 cm³/mol. The van der Waals surface area contributed by atoms with Gasteiger partial charge in [0.2, 0.25) is 0 Å². The number of aliphatic hydroxyl groups excluding tert-OH is 1. The Bertz CT molecular complexity index is 214. The van der Waals surface area contributed by atoms with Crippen molar-refractivity contribution in [2.45, 2.75) is 32.1 Å². The third kappa shape index (κ3) is 8.47. The van der Waals surface area contributed by atoms with E-state index in [9.17, 15) is 8.42 Å². The van der Waals surface area contributed by atoms with Gasteiger partial charge in [0.05, 0.1) is 11.5 Å². The number of unbranched alkanes of at least 4 members (excludes halogenated alkanes) is 3. The number of rotatable bonds is 9. The molecule has 0 bridgehead atoms. The lowest BCUT2D eigenvalue weighted by Crippen LogP contribution is -2.12. The van der Waals surface area contributed by atoms with E-state index in [1.165, 1.54) is 0 Å². The molecule has 3 N–H and O–H groups in total. The average Bonchev–Trinajstić information content (AvgIpc) is 2.13. The van der Waals surface area contributed by atoms with Crippen LogP contribution in [0.25, 0.3) is 0 Å². The first kappa shape index (κ1) is 13.9. The summed E-state index contributed by atoms with van der Waals surface area (Å²) in [6.45, 7) is 0.702. The molecule has 0 spiro atoms. The number of hydrogen-bond acceptors (Lipinski definition) is 4. The fourth-order valence-corrected chi connectivity index (χ4v) is 2.67. The fourth-order valence-electron chi connectivity index (χ4n) is 1.18. The lowest BCUT2D eigenvalue weighted by molar-refractivity contribution is 0.284. The highest BCUT2D eigenvalue weighted by Gasteiger charge is 2.09. The topological polar surface area (TPSA) is 80.4 Å².